The normalized spacial score (nSPS) is 14.0. The average Bonchev–Trinajstić information content (AvgIpc) is 3.26. The molecular weight excluding hydrogens is 262 g/mol. The summed E-state index contributed by atoms with van der Waals surface area (Å²) in [6.07, 6.45) is 4.77. The van der Waals surface area contributed by atoms with Gasteiger partial charge in [0.1, 0.15) is 11.5 Å². The van der Waals surface area contributed by atoms with E-state index in [2.05, 4.69) is 15.4 Å². The van der Waals surface area contributed by atoms with E-state index in [-0.39, 0.29) is 5.69 Å². The maximum absolute atomic E-state index is 12.0. The number of carbonyl (C=O) groups excluding carboxylic acids is 1. The fourth-order valence-corrected chi connectivity index (χ4v) is 1.71. The maximum atomic E-state index is 12.0. The fraction of sp³-hybridized carbons (Fsp3) is 0.250. The Morgan fingerprint density at radius 2 is 2.15 bits per heavy atom. The van der Waals surface area contributed by atoms with Gasteiger partial charge in [-0.1, -0.05) is 0 Å². The van der Waals surface area contributed by atoms with Crippen LogP contribution in [0.15, 0.2) is 34.1 Å². The van der Waals surface area contributed by atoms with Crippen molar-refractivity contribution in [1.29, 1.82) is 0 Å². The van der Waals surface area contributed by atoms with Crippen molar-refractivity contribution in [2.75, 3.05) is 5.43 Å². The Balaban J connectivity index is 1.83. The molecule has 20 heavy (non-hydrogen) atoms. The molecule has 1 fully saturated rings. The van der Waals surface area contributed by atoms with Crippen LogP contribution in [0.2, 0.25) is 0 Å². The van der Waals surface area contributed by atoms with Crippen LogP contribution in [-0.2, 0) is 0 Å². The van der Waals surface area contributed by atoms with Crippen LogP contribution in [0, 0.1) is 0 Å². The van der Waals surface area contributed by atoms with Crippen molar-refractivity contribution in [1.82, 2.24) is 19.6 Å². The lowest BCUT2D eigenvalue weighted by Gasteiger charge is -2.06. The molecule has 1 aliphatic carbocycles. The molecule has 2 N–H and O–H groups in total. The molecule has 0 aliphatic heterocycles. The van der Waals surface area contributed by atoms with E-state index in [4.69, 9.17) is 0 Å². The highest BCUT2D eigenvalue weighted by Gasteiger charge is 2.27. The summed E-state index contributed by atoms with van der Waals surface area (Å²) < 4.78 is 0.892. The Morgan fingerprint density at radius 1 is 1.35 bits per heavy atom. The van der Waals surface area contributed by atoms with E-state index < -0.39 is 17.2 Å². The highest BCUT2D eigenvalue weighted by Crippen LogP contribution is 2.37. The number of carbonyl (C=O) groups is 1. The molecule has 8 heteroatoms. The molecule has 0 radical (unpaired) electrons. The van der Waals surface area contributed by atoms with Gasteiger partial charge in [0.2, 0.25) is 0 Å². The third kappa shape index (κ3) is 2.48. The summed E-state index contributed by atoms with van der Waals surface area (Å²) >= 11 is 0. The monoisotopic (exact) mass is 273 g/mol. The lowest BCUT2D eigenvalue weighted by Crippen LogP contribution is -2.37. The van der Waals surface area contributed by atoms with Crippen molar-refractivity contribution in [3.8, 4) is 0 Å². The zero-order valence-electron chi connectivity index (χ0n) is 10.4. The summed E-state index contributed by atoms with van der Waals surface area (Å²) in [5.74, 6) is 0.438. The van der Waals surface area contributed by atoms with Gasteiger partial charge < -0.3 is 0 Å². The fourth-order valence-electron chi connectivity index (χ4n) is 1.71. The van der Waals surface area contributed by atoms with Gasteiger partial charge in [0.15, 0.2) is 0 Å². The third-order valence-corrected chi connectivity index (χ3v) is 2.90. The summed E-state index contributed by atoms with van der Waals surface area (Å²) in [6, 6.07) is 2.61. The van der Waals surface area contributed by atoms with Gasteiger partial charge in [-0.3, -0.25) is 20.0 Å². The van der Waals surface area contributed by atoms with Gasteiger partial charge in [0, 0.05) is 24.4 Å². The van der Waals surface area contributed by atoms with Crippen molar-refractivity contribution >= 4 is 5.91 Å². The number of nitrogens with zero attached hydrogens (tertiary/aromatic N) is 3. The number of rotatable bonds is 3. The highest BCUT2D eigenvalue weighted by molar-refractivity contribution is 5.98. The van der Waals surface area contributed by atoms with Crippen LogP contribution in [0.1, 0.15) is 35.1 Å². The number of hydrogen-bond donors (Lipinski definition) is 2. The first-order valence-electron chi connectivity index (χ1n) is 6.10. The molecule has 8 nitrogen and oxygen atoms in total. The van der Waals surface area contributed by atoms with Gasteiger partial charge in [0.25, 0.3) is 11.5 Å². The first-order valence-corrected chi connectivity index (χ1v) is 6.10. The molecule has 0 atom stereocenters. The van der Waals surface area contributed by atoms with Crippen molar-refractivity contribution in [2.45, 2.75) is 18.8 Å². The van der Waals surface area contributed by atoms with Gasteiger partial charge in [-0.25, -0.2) is 19.4 Å². The van der Waals surface area contributed by atoms with E-state index in [1.807, 2.05) is 4.98 Å². The summed E-state index contributed by atoms with van der Waals surface area (Å²) in [6.45, 7) is 0. The van der Waals surface area contributed by atoms with Crippen LogP contribution in [0.4, 0.5) is 0 Å². The standard InChI is InChI=1S/C12H11N5O3/c18-9-4-6-17(12(20)15-9)16-11(19)8-3-5-13-10(14-8)7-1-2-7/h3-7H,1-2H2,(H,16,19)(H,15,18,20). The second-order valence-corrected chi connectivity index (χ2v) is 4.50. The van der Waals surface area contributed by atoms with Crippen molar-refractivity contribution in [3.63, 3.8) is 0 Å². The first-order chi connectivity index (χ1) is 9.63. The second kappa shape index (κ2) is 4.72. The predicted molar refractivity (Wildman–Crippen MR) is 69.0 cm³/mol. The van der Waals surface area contributed by atoms with Crippen molar-refractivity contribution < 1.29 is 4.79 Å². The molecule has 0 saturated heterocycles. The topological polar surface area (TPSA) is 110 Å². The van der Waals surface area contributed by atoms with E-state index in [1.165, 1.54) is 18.5 Å². The number of amides is 1. The van der Waals surface area contributed by atoms with Gasteiger partial charge in [-0.05, 0) is 18.9 Å². The number of nitrogens with one attached hydrogen (secondary N) is 2. The summed E-state index contributed by atoms with van der Waals surface area (Å²) in [5.41, 5.74) is 1.28. The molecule has 2 aromatic heterocycles. The molecule has 0 unspecified atom stereocenters. The molecule has 0 bridgehead atoms. The summed E-state index contributed by atoms with van der Waals surface area (Å²) in [5, 5.41) is 0. The Labute approximate surface area is 112 Å². The number of H-pyrrole nitrogens is 1. The highest BCUT2D eigenvalue weighted by atomic mass is 16.2. The minimum atomic E-state index is -0.720. The lowest BCUT2D eigenvalue weighted by molar-refractivity contribution is 0.100. The molecule has 1 saturated carbocycles. The molecule has 1 aliphatic rings. The number of hydrogen-bond acceptors (Lipinski definition) is 5. The SMILES string of the molecule is O=C(Nn1ccc(=O)[nH]c1=O)c1ccnc(C2CC2)n1. The maximum Gasteiger partial charge on any atom is 0.347 e. The van der Waals surface area contributed by atoms with Crippen LogP contribution in [-0.4, -0.2) is 25.5 Å². The van der Waals surface area contributed by atoms with Gasteiger partial charge >= 0.3 is 5.69 Å². The number of aromatic nitrogens is 4. The zero-order valence-corrected chi connectivity index (χ0v) is 10.4. The van der Waals surface area contributed by atoms with Gasteiger partial charge in [-0.15, -0.1) is 0 Å². The number of aromatic amines is 1. The molecule has 0 spiro atoms. The largest absolute Gasteiger partial charge is 0.347 e. The van der Waals surface area contributed by atoms with E-state index >= 15 is 0 Å². The molecule has 3 rings (SSSR count). The molecule has 0 aromatic carbocycles. The van der Waals surface area contributed by atoms with E-state index in [0.717, 1.165) is 23.6 Å². The van der Waals surface area contributed by atoms with Crippen LogP contribution in [0.5, 0.6) is 0 Å². The third-order valence-electron chi connectivity index (χ3n) is 2.90. The molecule has 102 valence electrons. The van der Waals surface area contributed by atoms with Crippen molar-refractivity contribution in [2.24, 2.45) is 0 Å². The molecular formula is C12H11N5O3. The summed E-state index contributed by atoms with van der Waals surface area (Å²) in [7, 11) is 0. The van der Waals surface area contributed by atoms with Gasteiger partial charge in [0.05, 0.1) is 0 Å². The molecule has 1 amide bonds. The predicted octanol–water partition coefficient (Wildman–Crippen LogP) is -0.412. The van der Waals surface area contributed by atoms with E-state index in [0.29, 0.717) is 11.7 Å². The van der Waals surface area contributed by atoms with Crippen LogP contribution in [0.25, 0.3) is 0 Å². The quantitative estimate of drug-likeness (QED) is 0.789. The van der Waals surface area contributed by atoms with E-state index in [1.54, 1.807) is 0 Å². The van der Waals surface area contributed by atoms with Crippen LogP contribution in [0.3, 0.4) is 0 Å². The zero-order chi connectivity index (χ0) is 14.1. The molecule has 2 aromatic rings. The Kier molecular flexibility index (Phi) is 2.90. The minimum absolute atomic E-state index is 0.181. The second-order valence-electron chi connectivity index (χ2n) is 4.50. The minimum Gasteiger partial charge on any atom is -0.273 e. The van der Waals surface area contributed by atoms with Gasteiger partial charge in [-0.2, -0.15) is 0 Å². The summed E-state index contributed by atoms with van der Waals surface area (Å²) in [4.78, 5) is 44.7. The Morgan fingerprint density at radius 3 is 2.85 bits per heavy atom. The van der Waals surface area contributed by atoms with Crippen LogP contribution < -0.4 is 16.7 Å². The van der Waals surface area contributed by atoms with Crippen molar-refractivity contribution in [3.05, 3.63) is 56.9 Å². The smallest absolute Gasteiger partial charge is 0.273 e. The Hall–Kier alpha value is -2.77. The average molecular weight is 273 g/mol. The van der Waals surface area contributed by atoms with Crippen LogP contribution >= 0.6 is 0 Å². The lowest BCUT2D eigenvalue weighted by atomic mass is 10.3. The first kappa shape index (κ1) is 12.3. The Bertz CT molecular complexity index is 775. The molecule has 2 heterocycles. The van der Waals surface area contributed by atoms with E-state index in [9.17, 15) is 14.4 Å².